The van der Waals surface area contributed by atoms with E-state index < -0.39 is 0 Å². The summed E-state index contributed by atoms with van der Waals surface area (Å²) >= 11 is 0. The van der Waals surface area contributed by atoms with E-state index in [1.807, 2.05) is 0 Å². The Balaban J connectivity index is 2.13. The van der Waals surface area contributed by atoms with Crippen molar-refractivity contribution in [2.45, 2.75) is 39.5 Å². The van der Waals surface area contributed by atoms with E-state index in [0.29, 0.717) is 0 Å². The van der Waals surface area contributed by atoms with Crippen LogP contribution in [0.1, 0.15) is 39.5 Å². The number of nitrogens with zero attached hydrogens (tertiary/aromatic N) is 1. The standard InChI is InChI=1S/C12H25NO/c1-3-12(2)6-9-13-7-4-10-14-11-5-8-13/h12H,3-11H2,1-2H3. The summed E-state index contributed by atoms with van der Waals surface area (Å²) in [6, 6.07) is 0. The minimum atomic E-state index is 0.886. The van der Waals surface area contributed by atoms with Crippen molar-refractivity contribution in [3.63, 3.8) is 0 Å². The van der Waals surface area contributed by atoms with Crippen molar-refractivity contribution in [1.29, 1.82) is 0 Å². The van der Waals surface area contributed by atoms with Gasteiger partial charge in [0.25, 0.3) is 0 Å². The number of ether oxygens (including phenoxy) is 1. The van der Waals surface area contributed by atoms with Gasteiger partial charge in [0.2, 0.25) is 0 Å². The molecule has 1 saturated heterocycles. The van der Waals surface area contributed by atoms with Gasteiger partial charge in [-0.15, -0.1) is 0 Å². The van der Waals surface area contributed by atoms with Gasteiger partial charge in [-0.1, -0.05) is 20.3 Å². The predicted molar refractivity (Wildman–Crippen MR) is 60.6 cm³/mol. The predicted octanol–water partition coefficient (Wildman–Crippen LogP) is 2.54. The zero-order chi connectivity index (χ0) is 10.2. The Morgan fingerprint density at radius 1 is 1.21 bits per heavy atom. The molecule has 1 fully saturated rings. The zero-order valence-electron chi connectivity index (χ0n) is 9.80. The van der Waals surface area contributed by atoms with Gasteiger partial charge in [-0.3, -0.25) is 0 Å². The van der Waals surface area contributed by atoms with Crippen LogP contribution >= 0.6 is 0 Å². The highest BCUT2D eigenvalue weighted by atomic mass is 16.5. The Hall–Kier alpha value is -0.0800. The Morgan fingerprint density at radius 2 is 1.86 bits per heavy atom. The van der Waals surface area contributed by atoms with Gasteiger partial charge < -0.3 is 9.64 Å². The Labute approximate surface area is 88.6 Å². The first kappa shape index (κ1) is 12.0. The molecule has 0 bridgehead atoms. The van der Waals surface area contributed by atoms with Crippen LogP contribution in [0.15, 0.2) is 0 Å². The fourth-order valence-electron chi connectivity index (χ4n) is 1.82. The molecule has 2 heteroatoms. The molecule has 0 spiro atoms. The van der Waals surface area contributed by atoms with Gasteiger partial charge >= 0.3 is 0 Å². The van der Waals surface area contributed by atoms with Crippen LogP contribution in [-0.4, -0.2) is 37.7 Å². The van der Waals surface area contributed by atoms with Crippen LogP contribution in [0, 0.1) is 5.92 Å². The molecule has 1 aliphatic heterocycles. The SMILES string of the molecule is CCC(C)CCN1CCCOCCC1. The van der Waals surface area contributed by atoms with Gasteiger partial charge in [-0.05, 0) is 31.7 Å². The van der Waals surface area contributed by atoms with Crippen molar-refractivity contribution in [3.8, 4) is 0 Å². The lowest BCUT2D eigenvalue weighted by molar-refractivity contribution is 0.0870. The van der Waals surface area contributed by atoms with Crippen LogP contribution in [0.25, 0.3) is 0 Å². The summed E-state index contributed by atoms with van der Waals surface area (Å²) in [6.07, 6.45) is 5.09. The third-order valence-corrected chi connectivity index (χ3v) is 3.16. The maximum absolute atomic E-state index is 5.44. The average molecular weight is 199 g/mol. The summed E-state index contributed by atoms with van der Waals surface area (Å²) in [4.78, 5) is 2.61. The molecule has 0 amide bonds. The molecular formula is C12H25NO. The molecule has 0 aromatic heterocycles. The van der Waals surface area contributed by atoms with Crippen LogP contribution < -0.4 is 0 Å². The largest absolute Gasteiger partial charge is 0.381 e. The Kier molecular flexibility index (Phi) is 6.20. The van der Waals surface area contributed by atoms with Gasteiger partial charge in [0.05, 0.1) is 0 Å². The molecule has 1 unspecified atom stereocenters. The average Bonchev–Trinajstić information content (AvgIpc) is 2.15. The van der Waals surface area contributed by atoms with Crippen LogP contribution in [0.2, 0.25) is 0 Å². The normalized spacial score (nSPS) is 22.7. The summed E-state index contributed by atoms with van der Waals surface area (Å²) in [7, 11) is 0. The molecule has 14 heavy (non-hydrogen) atoms. The van der Waals surface area contributed by atoms with Crippen LogP contribution in [0.5, 0.6) is 0 Å². The monoisotopic (exact) mass is 199 g/mol. The van der Waals surface area contributed by atoms with Crippen LogP contribution in [-0.2, 0) is 4.74 Å². The van der Waals surface area contributed by atoms with Gasteiger partial charge in [0.15, 0.2) is 0 Å². The van der Waals surface area contributed by atoms with Gasteiger partial charge in [-0.25, -0.2) is 0 Å². The van der Waals surface area contributed by atoms with Crippen molar-refractivity contribution in [1.82, 2.24) is 4.90 Å². The van der Waals surface area contributed by atoms with Crippen LogP contribution in [0.3, 0.4) is 0 Å². The molecule has 0 aromatic carbocycles. The van der Waals surface area contributed by atoms with E-state index >= 15 is 0 Å². The molecule has 0 N–H and O–H groups in total. The first-order valence-corrected chi connectivity index (χ1v) is 6.13. The van der Waals surface area contributed by atoms with Gasteiger partial charge in [-0.2, -0.15) is 0 Å². The van der Waals surface area contributed by atoms with E-state index in [9.17, 15) is 0 Å². The Bertz CT molecular complexity index is 130. The second kappa shape index (κ2) is 7.24. The van der Waals surface area contributed by atoms with E-state index in [0.717, 1.165) is 19.1 Å². The van der Waals surface area contributed by atoms with Crippen molar-refractivity contribution >= 4 is 0 Å². The molecule has 1 aliphatic rings. The second-order valence-corrected chi connectivity index (χ2v) is 4.46. The van der Waals surface area contributed by atoms with Crippen molar-refractivity contribution in [3.05, 3.63) is 0 Å². The third-order valence-electron chi connectivity index (χ3n) is 3.16. The quantitative estimate of drug-likeness (QED) is 0.690. The van der Waals surface area contributed by atoms with E-state index in [2.05, 4.69) is 18.7 Å². The second-order valence-electron chi connectivity index (χ2n) is 4.46. The third kappa shape index (κ3) is 4.97. The van der Waals surface area contributed by atoms with E-state index in [-0.39, 0.29) is 0 Å². The lowest BCUT2D eigenvalue weighted by Crippen LogP contribution is -2.31. The molecule has 2 nitrogen and oxygen atoms in total. The summed E-state index contributed by atoms with van der Waals surface area (Å²) < 4.78 is 5.44. The lowest BCUT2D eigenvalue weighted by atomic mass is 10.0. The van der Waals surface area contributed by atoms with Gasteiger partial charge in [0.1, 0.15) is 0 Å². The smallest absolute Gasteiger partial charge is 0.0478 e. The summed E-state index contributed by atoms with van der Waals surface area (Å²) in [5.74, 6) is 0.886. The number of hydrogen-bond donors (Lipinski definition) is 0. The van der Waals surface area contributed by atoms with E-state index in [4.69, 9.17) is 4.74 Å². The fraction of sp³-hybridized carbons (Fsp3) is 1.00. The maximum Gasteiger partial charge on any atom is 0.0478 e. The molecular weight excluding hydrogens is 174 g/mol. The molecule has 0 aliphatic carbocycles. The zero-order valence-corrected chi connectivity index (χ0v) is 9.80. The first-order chi connectivity index (χ1) is 6.83. The summed E-state index contributed by atoms with van der Waals surface area (Å²) in [5.41, 5.74) is 0. The molecule has 84 valence electrons. The summed E-state index contributed by atoms with van der Waals surface area (Å²) in [5, 5.41) is 0. The van der Waals surface area contributed by atoms with Gasteiger partial charge in [0, 0.05) is 26.3 Å². The van der Waals surface area contributed by atoms with Crippen LogP contribution in [0.4, 0.5) is 0 Å². The molecule has 1 heterocycles. The number of rotatable bonds is 4. The fourth-order valence-corrected chi connectivity index (χ4v) is 1.82. The maximum atomic E-state index is 5.44. The minimum Gasteiger partial charge on any atom is -0.381 e. The van der Waals surface area contributed by atoms with Crippen molar-refractivity contribution in [2.24, 2.45) is 5.92 Å². The lowest BCUT2D eigenvalue weighted by Gasteiger charge is -2.25. The van der Waals surface area contributed by atoms with Crippen molar-refractivity contribution < 1.29 is 4.74 Å². The summed E-state index contributed by atoms with van der Waals surface area (Å²) in [6.45, 7) is 10.3. The Morgan fingerprint density at radius 3 is 2.43 bits per heavy atom. The van der Waals surface area contributed by atoms with E-state index in [1.54, 1.807) is 0 Å². The molecule has 1 rings (SSSR count). The van der Waals surface area contributed by atoms with Crippen molar-refractivity contribution in [2.75, 3.05) is 32.8 Å². The molecule has 0 aromatic rings. The highest BCUT2D eigenvalue weighted by Gasteiger charge is 2.08. The highest BCUT2D eigenvalue weighted by molar-refractivity contribution is 4.62. The number of hydrogen-bond acceptors (Lipinski definition) is 2. The molecule has 0 saturated carbocycles. The molecule has 0 radical (unpaired) electrons. The molecule has 1 atom stereocenters. The van der Waals surface area contributed by atoms with E-state index in [1.165, 1.54) is 45.3 Å². The minimum absolute atomic E-state index is 0.886. The first-order valence-electron chi connectivity index (χ1n) is 6.13. The topological polar surface area (TPSA) is 12.5 Å². The highest BCUT2D eigenvalue weighted by Crippen LogP contribution is 2.09.